The average molecular weight is 388 g/mol. The monoisotopic (exact) mass is 388 g/mol. The maximum absolute atomic E-state index is 12.6. The van der Waals surface area contributed by atoms with Gasteiger partial charge in [0.05, 0.1) is 11.4 Å². The van der Waals surface area contributed by atoms with Crippen molar-refractivity contribution in [2.75, 3.05) is 36.4 Å². The molecule has 0 radical (unpaired) electrons. The third-order valence-electron chi connectivity index (χ3n) is 4.63. The van der Waals surface area contributed by atoms with E-state index in [-0.39, 0.29) is 18.2 Å². The number of nitrogens with zero attached hydrogens (tertiary/aromatic N) is 1. The predicted molar refractivity (Wildman–Crippen MR) is 101 cm³/mol. The Kier molecular flexibility index (Phi) is 4.65. The predicted octanol–water partition coefficient (Wildman–Crippen LogP) is 1.58. The fraction of sp³-hybridized carbons (Fsp3) is 0.316. The molecule has 0 aromatic heterocycles. The van der Waals surface area contributed by atoms with Crippen LogP contribution in [0.1, 0.15) is 15.9 Å². The number of carbonyl (C=O) groups excluding carboxylic acids is 1. The second-order valence-electron chi connectivity index (χ2n) is 6.38. The molecule has 7 nitrogen and oxygen atoms in total. The minimum absolute atomic E-state index is 0.0360. The van der Waals surface area contributed by atoms with Crippen LogP contribution in [0.3, 0.4) is 0 Å². The quantitative estimate of drug-likeness (QED) is 0.841. The van der Waals surface area contributed by atoms with Gasteiger partial charge in [-0.3, -0.25) is 9.10 Å². The molecule has 0 unspecified atom stereocenters. The molecule has 0 aliphatic carbocycles. The van der Waals surface area contributed by atoms with Crippen molar-refractivity contribution in [2.24, 2.45) is 0 Å². The third-order valence-corrected chi connectivity index (χ3v) is 6.40. The second-order valence-corrected chi connectivity index (χ2v) is 8.39. The van der Waals surface area contributed by atoms with Gasteiger partial charge < -0.3 is 14.8 Å². The minimum atomic E-state index is -3.49. The van der Waals surface area contributed by atoms with Crippen molar-refractivity contribution in [1.29, 1.82) is 0 Å². The number of sulfonamides is 1. The van der Waals surface area contributed by atoms with E-state index in [0.717, 1.165) is 11.3 Å². The topological polar surface area (TPSA) is 84.9 Å². The van der Waals surface area contributed by atoms with Crippen LogP contribution in [0.15, 0.2) is 42.5 Å². The molecule has 142 valence electrons. The molecule has 4 rings (SSSR count). The molecular formula is C19H20N2O5S. The number of hydrogen-bond donors (Lipinski definition) is 1. The first-order valence-electron chi connectivity index (χ1n) is 8.81. The second kappa shape index (κ2) is 7.11. The number of rotatable bonds is 5. The molecule has 2 heterocycles. The molecule has 0 saturated carbocycles. The zero-order chi connectivity index (χ0) is 18.9. The number of anilines is 1. The Morgan fingerprint density at radius 3 is 2.70 bits per heavy atom. The lowest BCUT2D eigenvalue weighted by Crippen LogP contribution is -2.37. The summed E-state index contributed by atoms with van der Waals surface area (Å²) in [4.78, 5) is 12.3. The molecule has 0 fully saturated rings. The van der Waals surface area contributed by atoms with Gasteiger partial charge in [-0.05, 0) is 36.2 Å². The Hall–Kier alpha value is -2.74. The summed E-state index contributed by atoms with van der Waals surface area (Å²) in [6.07, 6.45) is 0.707. The molecule has 0 bridgehead atoms. The number of nitrogens with one attached hydrogen (secondary N) is 1. The van der Waals surface area contributed by atoms with Crippen LogP contribution in [0.4, 0.5) is 5.69 Å². The Morgan fingerprint density at radius 1 is 1.07 bits per heavy atom. The molecule has 2 aliphatic heterocycles. The first kappa shape index (κ1) is 17.7. The summed E-state index contributed by atoms with van der Waals surface area (Å²) in [6.45, 7) is 1.40. The normalized spacial score (nSPS) is 15.3. The molecule has 1 amide bonds. The number of benzene rings is 2. The van der Waals surface area contributed by atoms with Crippen LogP contribution in [0.2, 0.25) is 0 Å². The van der Waals surface area contributed by atoms with Crippen molar-refractivity contribution in [3.63, 3.8) is 0 Å². The molecule has 2 aromatic carbocycles. The summed E-state index contributed by atoms with van der Waals surface area (Å²) in [5.41, 5.74) is 2.17. The summed E-state index contributed by atoms with van der Waals surface area (Å²) in [5, 5.41) is 2.67. The summed E-state index contributed by atoms with van der Waals surface area (Å²) in [7, 11) is -3.49. The van der Waals surface area contributed by atoms with Crippen molar-refractivity contribution in [3.8, 4) is 11.5 Å². The number of fused-ring (bicyclic) bond motifs is 2. The van der Waals surface area contributed by atoms with E-state index >= 15 is 0 Å². The molecule has 0 saturated heterocycles. The SMILES string of the molecule is O=C(NCCS(=O)(=O)N1CCc2ccccc21)c1ccc2c(c1)OCCO2. The van der Waals surface area contributed by atoms with E-state index in [2.05, 4.69) is 5.32 Å². The fourth-order valence-corrected chi connectivity index (χ4v) is 4.71. The van der Waals surface area contributed by atoms with Crippen LogP contribution in [0.25, 0.3) is 0 Å². The van der Waals surface area contributed by atoms with Crippen LogP contribution < -0.4 is 19.1 Å². The smallest absolute Gasteiger partial charge is 0.251 e. The number of para-hydroxylation sites is 1. The van der Waals surface area contributed by atoms with E-state index in [1.807, 2.05) is 24.3 Å². The molecule has 1 N–H and O–H groups in total. The van der Waals surface area contributed by atoms with Gasteiger partial charge in [0.15, 0.2) is 11.5 Å². The first-order valence-corrected chi connectivity index (χ1v) is 10.4. The Morgan fingerprint density at radius 2 is 1.85 bits per heavy atom. The zero-order valence-corrected chi connectivity index (χ0v) is 15.5. The Balaban J connectivity index is 1.37. The summed E-state index contributed by atoms with van der Waals surface area (Å²) in [5.74, 6) is 0.629. The van der Waals surface area contributed by atoms with E-state index < -0.39 is 10.0 Å². The largest absolute Gasteiger partial charge is 0.486 e. The number of ether oxygens (including phenoxy) is 2. The summed E-state index contributed by atoms with van der Waals surface area (Å²) < 4.78 is 37.6. The lowest BCUT2D eigenvalue weighted by atomic mass is 10.2. The van der Waals surface area contributed by atoms with Gasteiger partial charge in [0.1, 0.15) is 13.2 Å². The molecule has 8 heteroatoms. The van der Waals surface area contributed by atoms with E-state index in [1.54, 1.807) is 18.2 Å². The van der Waals surface area contributed by atoms with Crippen LogP contribution in [-0.2, 0) is 16.4 Å². The fourth-order valence-electron chi connectivity index (χ4n) is 3.29. The van der Waals surface area contributed by atoms with Gasteiger partial charge in [-0.2, -0.15) is 0 Å². The van der Waals surface area contributed by atoms with Gasteiger partial charge in [-0.25, -0.2) is 8.42 Å². The highest BCUT2D eigenvalue weighted by atomic mass is 32.2. The highest BCUT2D eigenvalue weighted by Crippen LogP contribution is 2.31. The maximum Gasteiger partial charge on any atom is 0.251 e. The summed E-state index contributed by atoms with van der Waals surface area (Å²) >= 11 is 0. The molecular weight excluding hydrogens is 368 g/mol. The van der Waals surface area contributed by atoms with E-state index in [0.29, 0.717) is 43.2 Å². The number of hydrogen-bond acceptors (Lipinski definition) is 5. The van der Waals surface area contributed by atoms with Gasteiger partial charge in [-0.1, -0.05) is 18.2 Å². The zero-order valence-electron chi connectivity index (χ0n) is 14.7. The van der Waals surface area contributed by atoms with Crippen LogP contribution in [-0.4, -0.2) is 46.4 Å². The van der Waals surface area contributed by atoms with Gasteiger partial charge in [0.2, 0.25) is 10.0 Å². The molecule has 0 atom stereocenters. The third kappa shape index (κ3) is 3.57. The van der Waals surface area contributed by atoms with Gasteiger partial charge in [-0.15, -0.1) is 0 Å². The van der Waals surface area contributed by atoms with E-state index in [9.17, 15) is 13.2 Å². The molecule has 2 aliphatic rings. The first-order chi connectivity index (χ1) is 13.0. The van der Waals surface area contributed by atoms with Crippen LogP contribution in [0.5, 0.6) is 11.5 Å². The number of carbonyl (C=O) groups is 1. The highest BCUT2D eigenvalue weighted by molar-refractivity contribution is 7.92. The average Bonchev–Trinajstić information content (AvgIpc) is 3.12. The number of amides is 1. The van der Waals surface area contributed by atoms with Gasteiger partial charge >= 0.3 is 0 Å². The van der Waals surface area contributed by atoms with Gasteiger partial charge in [0.25, 0.3) is 5.91 Å². The molecule has 2 aromatic rings. The van der Waals surface area contributed by atoms with Crippen molar-refractivity contribution in [1.82, 2.24) is 5.32 Å². The van der Waals surface area contributed by atoms with Crippen LogP contribution in [0, 0.1) is 0 Å². The minimum Gasteiger partial charge on any atom is -0.486 e. The van der Waals surface area contributed by atoms with E-state index in [4.69, 9.17) is 9.47 Å². The molecule has 27 heavy (non-hydrogen) atoms. The molecule has 0 spiro atoms. The Bertz CT molecular complexity index is 974. The maximum atomic E-state index is 12.6. The lowest BCUT2D eigenvalue weighted by Gasteiger charge is -2.20. The highest BCUT2D eigenvalue weighted by Gasteiger charge is 2.28. The van der Waals surface area contributed by atoms with Crippen molar-refractivity contribution < 1.29 is 22.7 Å². The van der Waals surface area contributed by atoms with Crippen molar-refractivity contribution >= 4 is 21.6 Å². The standard InChI is InChI=1S/C19H20N2O5S/c22-19(15-5-6-17-18(13-15)26-11-10-25-17)20-8-12-27(23,24)21-9-7-14-3-1-2-4-16(14)21/h1-6,13H,7-12H2,(H,20,22). The summed E-state index contributed by atoms with van der Waals surface area (Å²) in [6, 6.07) is 12.4. The Labute approximate surface area is 157 Å². The van der Waals surface area contributed by atoms with Gasteiger partial charge in [0, 0.05) is 18.7 Å². The van der Waals surface area contributed by atoms with E-state index in [1.165, 1.54) is 4.31 Å². The van der Waals surface area contributed by atoms with Crippen molar-refractivity contribution in [2.45, 2.75) is 6.42 Å². The van der Waals surface area contributed by atoms with Crippen LogP contribution >= 0.6 is 0 Å². The van der Waals surface area contributed by atoms with Crippen molar-refractivity contribution in [3.05, 3.63) is 53.6 Å². The lowest BCUT2D eigenvalue weighted by molar-refractivity contribution is 0.0955.